The Morgan fingerprint density at radius 1 is 1.36 bits per heavy atom. The second kappa shape index (κ2) is 6.92. The van der Waals surface area contributed by atoms with Crippen molar-refractivity contribution in [2.75, 3.05) is 0 Å². The molecule has 0 saturated heterocycles. The smallest absolute Gasteiger partial charge is 0.339 e. The summed E-state index contributed by atoms with van der Waals surface area (Å²) in [6, 6.07) is 8.67. The molecule has 1 atom stereocenters. The van der Waals surface area contributed by atoms with Crippen LogP contribution in [0.5, 0.6) is 0 Å². The molecule has 1 aromatic heterocycles. The van der Waals surface area contributed by atoms with Gasteiger partial charge in [-0.2, -0.15) is 0 Å². The van der Waals surface area contributed by atoms with Gasteiger partial charge in [-0.1, -0.05) is 36.7 Å². The van der Waals surface area contributed by atoms with Crippen LogP contribution in [0.4, 0.5) is 0 Å². The first kappa shape index (κ1) is 17.5. The highest BCUT2D eigenvalue weighted by Crippen LogP contribution is 2.38. The number of carbonyl (C=O) groups is 2. The lowest BCUT2D eigenvalue weighted by Crippen LogP contribution is -2.35. The molecule has 1 fully saturated rings. The number of hydrogen-bond acceptors (Lipinski definition) is 3. The SMILES string of the molecule is CCc1oc(C(=O)N(C2CC2)C(C)c2ccccc2Cl)cc1C(=O)O. The van der Waals surface area contributed by atoms with Crippen molar-refractivity contribution < 1.29 is 19.1 Å². The third kappa shape index (κ3) is 3.42. The number of nitrogens with zero attached hydrogens (tertiary/aromatic N) is 1. The molecular formula is C19H20ClNO4. The van der Waals surface area contributed by atoms with E-state index in [1.807, 2.05) is 25.1 Å². The highest BCUT2D eigenvalue weighted by molar-refractivity contribution is 6.31. The number of furan rings is 1. The van der Waals surface area contributed by atoms with Crippen molar-refractivity contribution >= 4 is 23.5 Å². The Morgan fingerprint density at radius 3 is 2.56 bits per heavy atom. The van der Waals surface area contributed by atoms with E-state index in [1.165, 1.54) is 6.07 Å². The van der Waals surface area contributed by atoms with Crippen LogP contribution in [0.1, 0.15) is 65.0 Å². The van der Waals surface area contributed by atoms with Crippen LogP contribution >= 0.6 is 11.6 Å². The van der Waals surface area contributed by atoms with E-state index in [-0.39, 0.29) is 29.3 Å². The monoisotopic (exact) mass is 361 g/mol. The van der Waals surface area contributed by atoms with Crippen LogP contribution < -0.4 is 0 Å². The van der Waals surface area contributed by atoms with Gasteiger partial charge in [0.1, 0.15) is 11.3 Å². The van der Waals surface area contributed by atoms with Crippen molar-refractivity contribution in [2.45, 2.75) is 45.2 Å². The number of carbonyl (C=O) groups excluding carboxylic acids is 1. The third-order valence-electron chi connectivity index (χ3n) is 4.52. The number of aryl methyl sites for hydroxylation is 1. The van der Waals surface area contributed by atoms with Crippen molar-refractivity contribution in [3.63, 3.8) is 0 Å². The molecule has 1 aliphatic carbocycles. The fourth-order valence-corrected chi connectivity index (χ4v) is 3.37. The predicted molar refractivity (Wildman–Crippen MR) is 94.1 cm³/mol. The molecule has 0 aliphatic heterocycles. The lowest BCUT2D eigenvalue weighted by molar-refractivity contribution is 0.0637. The highest BCUT2D eigenvalue weighted by atomic mass is 35.5. The Labute approximate surface area is 151 Å². The lowest BCUT2D eigenvalue weighted by atomic mass is 10.1. The summed E-state index contributed by atoms with van der Waals surface area (Å²) in [5.74, 6) is -0.994. The summed E-state index contributed by atoms with van der Waals surface area (Å²) in [5, 5.41) is 9.88. The second-order valence-electron chi connectivity index (χ2n) is 6.25. The van der Waals surface area contributed by atoms with E-state index in [4.69, 9.17) is 16.0 Å². The molecule has 5 nitrogen and oxygen atoms in total. The van der Waals surface area contributed by atoms with Crippen molar-refractivity contribution in [2.24, 2.45) is 0 Å². The molecule has 1 N–H and O–H groups in total. The van der Waals surface area contributed by atoms with E-state index in [1.54, 1.807) is 17.9 Å². The van der Waals surface area contributed by atoms with Gasteiger partial charge in [-0.25, -0.2) is 4.79 Å². The molecule has 6 heteroatoms. The summed E-state index contributed by atoms with van der Waals surface area (Å²) in [6.07, 6.45) is 2.26. The van der Waals surface area contributed by atoms with Gasteiger partial charge in [0.05, 0.1) is 6.04 Å². The largest absolute Gasteiger partial charge is 0.478 e. The number of benzene rings is 1. The van der Waals surface area contributed by atoms with Crippen LogP contribution in [0.15, 0.2) is 34.7 Å². The van der Waals surface area contributed by atoms with Gasteiger partial charge < -0.3 is 14.4 Å². The number of amides is 1. The molecule has 2 aromatic rings. The molecule has 25 heavy (non-hydrogen) atoms. The fraction of sp³-hybridized carbons (Fsp3) is 0.368. The summed E-state index contributed by atoms with van der Waals surface area (Å²) >= 11 is 6.29. The Morgan fingerprint density at radius 2 is 2.04 bits per heavy atom. The molecule has 1 unspecified atom stereocenters. The number of carboxylic acid groups (broad SMARTS) is 1. The molecule has 1 saturated carbocycles. The first-order chi connectivity index (χ1) is 11.9. The summed E-state index contributed by atoms with van der Waals surface area (Å²) < 4.78 is 5.56. The number of aromatic carboxylic acids is 1. The Bertz CT molecular complexity index is 810. The van der Waals surface area contributed by atoms with Crippen molar-refractivity contribution in [3.8, 4) is 0 Å². The predicted octanol–water partition coefficient (Wildman–Crippen LogP) is 4.56. The summed E-state index contributed by atoms with van der Waals surface area (Å²) in [7, 11) is 0. The van der Waals surface area contributed by atoms with Gasteiger partial charge in [-0.15, -0.1) is 0 Å². The van der Waals surface area contributed by atoms with Gasteiger partial charge in [0.25, 0.3) is 5.91 Å². The molecular weight excluding hydrogens is 342 g/mol. The molecule has 132 valence electrons. The second-order valence-corrected chi connectivity index (χ2v) is 6.65. The van der Waals surface area contributed by atoms with Gasteiger partial charge in [0.15, 0.2) is 5.76 Å². The molecule has 1 aromatic carbocycles. The zero-order valence-corrected chi connectivity index (χ0v) is 14.9. The minimum atomic E-state index is -1.09. The van der Waals surface area contributed by atoms with Gasteiger partial charge in [-0.3, -0.25) is 4.79 Å². The maximum Gasteiger partial charge on any atom is 0.339 e. The molecule has 1 heterocycles. The van der Waals surface area contributed by atoms with E-state index in [9.17, 15) is 14.7 Å². The van der Waals surface area contributed by atoms with Crippen LogP contribution in [0.3, 0.4) is 0 Å². The number of halogens is 1. The van der Waals surface area contributed by atoms with E-state index in [0.717, 1.165) is 18.4 Å². The third-order valence-corrected chi connectivity index (χ3v) is 4.86. The first-order valence-electron chi connectivity index (χ1n) is 8.37. The average Bonchev–Trinajstić information content (AvgIpc) is 3.31. The number of rotatable bonds is 6. The highest BCUT2D eigenvalue weighted by Gasteiger charge is 2.38. The Balaban J connectivity index is 1.95. The molecule has 0 bridgehead atoms. The first-order valence-corrected chi connectivity index (χ1v) is 8.74. The summed E-state index contributed by atoms with van der Waals surface area (Å²) in [5.41, 5.74) is 0.914. The normalized spacial score (nSPS) is 15.0. The molecule has 0 radical (unpaired) electrons. The van der Waals surface area contributed by atoms with Gasteiger partial charge >= 0.3 is 5.97 Å². The summed E-state index contributed by atoms with van der Waals surface area (Å²) in [6.45, 7) is 3.73. The average molecular weight is 362 g/mol. The van der Waals surface area contributed by atoms with Crippen LogP contribution in [-0.4, -0.2) is 27.9 Å². The van der Waals surface area contributed by atoms with Gasteiger partial charge in [-0.05, 0) is 31.4 Å². The standard InChI is InChI=1S/C19H20ClNO4/c1-3-16-14(19(23)24)10-17(25-16)18(22)21(12-8-9-12)11(2)13-6-4-5-7-15(13)20/h4-7,10-12H,3,8-9H2,1-2H3,(H,23,24). The Hall–Kier alpha value is -2.27. The van der Waals surface area contributed by atoms with Crippen LogP contribution in [0.25, 0.3) is 0 Å². The topological polar surface area (TPSA) is 70.8 Å². The minimum absolute atomic E-state index is 0.0481. The van der Waals surface area contributed by atoms with Crippen LogP contribution in [0, 0.1) is 0 Å². The van der Waals surface area contributed by atoms with E-state index < -0.39 is 5.97 Å². The van der Waals surface area contributed by atoms with Crippen LogP contribution in [-0.2, 0) is 6.42 Å². The molecule has 1 amide bonds. The molecule has 0 spiro atoms. The van der Waals surface area contributed by atoms with Crippen molar-refractivity contribution in [1.82, 2.24) is 4.90 Å². The maximum absolute atomic E-state index is 13.1. The Kier molecular flexibility index (Phi) is 4.86. The van der Waals surface area contributed by atoms with E-state index >= 15 is 0 Å². The zero-order valence-electron chi connectivity index (χ0n) is 14.2. The van der Waals surface area contributed by atoms with Crippen LogP contribution in [0.2, 0.25) is 5.02 Å². The van der Waals surface area contributed by atoms with Crippen molar-refractivity contribution in [1.29, 1.82) is 0 Å². The van der Waals surface area contributed by atoms with Gasteiger partial charge in [0, 0.05) is 23.6 Å². The molecule has 3 rings (SSSR count). The lowest BCUT2D eigenvalue weighted by Gasteiger charge is -2.29. The summed E-state index contributed by atoms with van der Waals surface area (Å²) in [4.78, 5) is 26.1. The number of carboxylic acids is 1. The van der Waals surface area contributed by atoms with Crippen molar-refractivity contribution in [3.05, 3.63) is 58.0 Å². The fourth-order valence-electron chi connectivity index (χ4n) is 3.08. The quantitative estimate of drug-likeness (QED) is 0.818. The van der Waals surface area contributed by atoms with E-state index in [2.05, 4.69) is 0 Å². The minimum Gasteiger partial charge on any atom is -0.478 e. The maximum atomic E-state index is 13.1. The number of hydrogen-bond donors (Lipinski definition) is 1. The van der Waals surface area contributed by atoms with E-state index in [0.29, 0.717) is 17.2 Å². The molecule has 1 aliphatic rings. The van der Waals surface area contributed by atoms with Gasteiger partial charge in [0.2, 0.25) is 0 Å². The zero-order chi connectivity index (χ0) is 18.1.